The van der Waals surface area contributed by atoms with Gasteiger partial charge in [-0.05, 0) is 55.6 Å². The van der Waals surface area contributed by atoms with Gasteiger partial charge in [0.2, 0.25) is 0 Å². The van der Waals surface area contributed by atoms with Gasteiger partial charge in [0, 0.05) is 13.1 Å². The molecule has 2 fully saturated rings. The molecule has 106 valence electrons. The van der Waals surface area contributed by atoms with Gasteiger partial charge in [-0.3, -0.25) is 4.90 Å². The van der Waals surface area contributed by atoms with E-state index in [0.717, 1.165) is 43.6 Å². The summed E-state index contributed by atoms with van der Waals surface area (Å²) < 4.78 is 13.4. The van der Waals surface area contributed by atoms with Crippen molar-refractivity contribution >= 4 is 24.0 Å². The van der Waals surface area contributed by atoms with E-state index in [-0.39, 0.29) is 23.2 Å². The number of hydrogen-bond acceptors (Lipinski definition) is 2. The molecule has 3 rings (SSSR count). The first-order valence-corrected chi connectivity index (χ1v) is 6.97. The van der Waals surface area contributed by atoms with Gasteiger partial charge in [0.25, 0.3) is 0 Å². The standard InChI is InChI=1S/C14H18ClFN2.ClH/c15-13-2-1-10(5-14(13)16)8-18-4-3-11-6-17-7-12(11)9-18;/h1-2,5,11-12,17H,3-4,6-9H2;1H. The highest BCUT2D eigenvalue weighted by Gasteiger charge is 2.32. The molecule has 2 saturated heterocycles. The molecule has 2 nitrogen and oxygen atoms in total. The van der Waals surface area contributed by atoms with Gasteiger partial charge in [-0.15, -0.1) is 12.4 Å². The average molecular weight is 305 g/mol. The molecule has 0 aliphatic carbocycles. The summed E-state index contributed by atoms with van der Waals surface area (Å²) in [6.45, 7) is 5.39. The maximum absolute atomic E-state index is 13.4. The molecule has 1 aromatic carbocycles. The lowest BCUT2D eigenvalue weighted by Crippen LogP contribution is -2.39. The number of nitrogens with zero attached hydrogens (tertiary/aromatic N) is 1. The third-order valence-electron chi connectivity index (χ3n) is 4.18. The van der Waals surface area contributed by atoms with Crippen LogP contribution in [0.25, 0.3) is 0 Å². The first-order valence-electron chi connectivity index (χ1n) is 6.59. The number of fused-ring (bicyclic) bond motifs is 1. The van der Waals surface area contributed by atoms with E-state index in [1.54, 1.807) is 12.1 Å². The monoisotopic (exact) mass is 304 g/mol. The van der Waals surface area contributed by atoms with Gasteiger partial charge >= 0.3 is 0 Å². The van der Waals surface area contributed by atoms with Crippen LogP contribution in [0.1, 0.15) is 12.0 Å². The number of piperidine rings is 1. The second-order valence-corrected chi connectivity index (χ2v) is 5.86. The third-order valence-corrected chi connectivity index (χ3v) is 4.49. The van der Waals surface area contributed by atoms with Crippen LogP contribution in [0, 0.1) is 17.7 Å². The molecule has 19 heavy (non-hydrogen) atoms. The maximum atomic E-state index is 13.4. The Hall–Kier alpha value is -0.350. The molecule has 0 aromatic heterocycles. The largest absolute Gasteiger partial charge is 0.316 e. The summed E-state index contributed by atoms with van der Waals surface area (Å²) in [6, 6.07) is 5.13. The van der Waals surface area contributed by atoms with Crippen molar-refractivity contribution in [2.75, 3.05) is 26.2 Å². The molecule has 1 aromatic rings. The summed E-state index contributed by atoms with van der Waals surface area (Å²) >= 11 is 5.70. The molecular weight excluding hydrogens is 286 g/mol. The van der Waals surface area contributed by atoms with Gasteiger partial charge in [-0.2, -0.15) is 0 Å². The second-order valence-electron chi connectivity index (χ2n) is 5.45. The zero-order valence-corrected chi connectivity index (χ0v) is 12.3. The summed E-state index contributed by atoms with van der Waals surface area (Å²) in [7, 11) is 0. The molecule has 0 radical (unpaired) electrons. The van der Waals surface area contributed by atoms with Crippen molar-refractivity contribution in [3.05, 3.63) is 34.6 Å². The van der Waals surface area contributed by atoms with E-state index < -0.39 is 0 Å². The van der Waals surface area contributed by atoms with Crippen molar-refractivity contribution < 1.29 is 4.39 Å². The minimum Gasteiger partial charge on any atom is -0.316 e. The number of hydrogen-bond donors (Lipinski definition) is 1. The Kier molecular flexibility index (Phi) is 5.07. The normalized spacial score (nSPS) is 26.8. The molecule has 1 N–H and O–H groups in total. The lowest BCUT2D eigenvalue weighted by Gasteiger charge is -2.34. The highest BCUT2D eigenvalue weighted by Crippen LogP contribution is 2.27. The molecule has 2 atom stereocenters. The number of likely N-dealkylation sites (tertiary alicyclic amines) is 1. The number of benzene rings is 1. The van der Waals surface area contributed by atoms with Crippen molar-refractivity contribution in [2.45, 2.75) is 13.0 Å². The van der Waals surface area contributed by atoms with Gasteiger partial charge in [0.05, 0.1) is 5.02 Å². The molecule has 5 heteroatoms. The SMILES string of the molecule is Cl.Fc1cc(CN2CCC3CNCC3C2)ccc1Cl. The van der Waals surface area contributed by atoms with Gasteiger partial charge in [0.15, 0.2) is 0 Å². The van der Waals surface area contributed by atoms with Gasteiger partial charge in [-0.25, -0.2) is 4.39 Å². The smallest absolute Gasteiger partial charge is 0.142 e. The summed E-state index contributed by atoms with van der Waals surface area (Å²) in [5.41, 5.74) is 1.02. The first-order chi connectivity index (χ1) is 8.72. The van der Waals surface area contributed by atoms with Crippen molar-refractivity contribution in [1.29, 1.82) is 0 Å². The highest BCUT2D eigenvalue weighted by molar-refractivity contribution is 6.30. The second kappa shape index (κ2) is 6.40. The molecule has 2 aliphatic heterocycles. The van der Waals surface area contributed by atoms with Crippen LogP contribution < -0.4 is 5.32 Å². The quantitative estimate of drug-likeness (QED) is 0.904. The Bertz CT molecular complexity index is 441. The van der Waals surface area contributed by atoms with Crippen LogP contribution in [0.5, 0.6) is 0 Å². The predicted molar refractivity (Wildman–Crippen MR) is 78.4 cm³/mol. The fourth-order valence-corrected chi connectivity index (χ4v) is 3.27. The van der Waals surface area contributed by atoms with Crippen LogP contribution in [0.3, 0.4) is 0 Å². The van der Waals surface area contributed by atoms with Crippen LogP contribution in [0.2, 0.25) is 5.02 Å². The van der Waals surface area contributed by atoms with Crippen molar-refractivity contribution in [2.24, 2.45) is 11.8 Å². The van der Waals surface area contributed by atoms with Gasteiger partial charge in [-0.1, -0.05) is 17.7 Å². The van der Waals surface area contributed by atoms with Crippen LogP contribution in [-0.2, 0) is 6.54 Å². The topological polar surface area (TPSA) is 15.3 Å². The fourth-order valence-electron chi connectivity index (χ4n) is 3.15. The Morgan fingerprint density at radius 3 is 2.89 bits per heavy atom. The predicted octanol–water partition coefficient (Wildman–Crippen LogP) is 2.94. The molecule has 2 unspecified atom stereocenters. The molecular formula is C14H19Cl2FN2. The van der Waals surface area contributed by atoms with Gasteiger partial charge in [0.1, 0.15) is 5.82 Å². The number of rotatable bonds is 2. The minimum atomic E-state index is -0.313. The van der Waals surface area contributed by atoms with E-state index in [9.17, 15) is 4.39 Å². The number of halogens is 3. The number of nitrogens with one attached hydrogen (secondary N) is 1. The van der Waals surface area contributed by atoms with Crippen LogP contribution in [0.15, 0.2) is 18.2 Å². The lowest BCUT2D eigenvalue weighted by atomic mass is 9.88. The van der Waals surface area contributed by atoms with Crippen molar-refractivity contribution in [1.82, 2.24) is 10.2 Å². The Morgan fingerprint density at radius 2 is 2.11 bits per heavy atom. The molecule has 2 heterocycles. The van der Waals surface area contributed by atoms with E-state index >= 15 is 0 Å². The van der Waals surface area contributed by atoms with E-state index in [0.29, 0.717) is 0 Å². The van der Waals surface area contributed by atoms with E-state index in [1.807, 2.05) is 6.07 Å². The van der Waals surface area contributed by atoms with E-state index in [1.165, 1.54) is 13.0 Å². The lowest BCUT2D eigenvalue weighted by molar-refractivity contribution is 0.142. The molecule has 0 saturated carbocycles. The van der Waals surface area contributed by atoms with Crippen molar-refractivity contribution in [3.63, 3.8) is 0 Å². The first kappa shape index (κ1) is 15.0. The van der Waals surface area contributed by atoms with E-state index in [2.05, 4.69) is 10.2 Å². The summed E-state index contributed by atoms with van der Waals surface area (Å²) in [5, 5.41) is 3.67. The molecule has 0 amide bonds. The summed E-state index contributed by atoms with van der Waals surface area (Å²) in [5.74, 6) is 1.31. The Morgan fingerprint density at radius 1 is 1.32 bits per heavy atom. The Balaban J connectivity index is 0.00000133. The van der Waals surface area contributed by atoms with Crippen molar-refractivity contribution in [3.8, 4) is 0 Å². The average Bonchev–Trinajstić information content (AvgIpc) is 2.81. The minimum absolute atomic E-state index is 0. The zero-order valence-electron chi connectivity index (χ0n) is 10.7. The zero-order chi connectivity index (χ0) is 12.5. The highest BCUT2D eigenvalue weighted by atomic mass is 35.5. The summed E-state index contributed by atoms with van der Waals surface area (Å²) in [4.78, 5) is 2.43. The summed E-state index contributed by atoms with van der Waals surface area (Å²) in [6.07, 6.45) is 1.26. The van der Waals surface area contributed by atoms with Crippen LogP contribution >= 0.6 is 24.0 Å². The Labute approximate surface area is 124 Å². The third kappa shape index (κ3) is 3.40. The molecule has 0 bridgehead atoms. The molecule has 0 spiro atoms. The fraction of sp³-hybridized carbons (Fsp3) is 0.571. The van der Waals surface area contributed by atoms with Crippen LogP contribution in [-0.4, -0.2) is 31.1 Å². The molecule has 2 aliphatic rings. The maximum Gasteiger partial charge on any atom is 0.142 e. The van der Waals surface area contributed by atoms with E-state index in [4.69, 9.17) is 11.6 Å². The van der Waals surface area contributed by atoms with Crippen LogP contribution in [0.4, 0.5) is 4.39 Å². The van der Waals surface area contributed by atoms with Gasteiger partial charge < -0.3 is 5.32 Å².